The van der Waals surface area contributed by atoms with Crippen LogP contribution < -0.4 is 5.32 Å². The summed E-state index contributed by atoms with van der Waals surface area (Å²) in [6, 6.07) is 12.2. The summed E-state index contributed by atoms with van der Waals surface area (Å²) in [5.41, 5.74) is 1.45. The Morgan fingerprint density at radius 2 is 2.06 bits per heavy atom. The van der Waals surface area contributed by atoms with E-state index in [2.05, 4.69) is 61.4 Å². The molecule has 1 aliphatic rings. The fourth-order valence-corrected chi connectivity index (χ4v) is 3.09. The number of nitrogens with one attached hydrogen (secondary N) is 1. The van der Waals surface area contributed by atoms with Crippen molar-refractivity contribution in [3.8, 4) is 0 Å². The lowest BCUT2D eigenvalue weighted by Crippen LogP contribution is -2.50. The summed E-state index contributed by atoms with van der Waals surface area (Å²) < 4.78 is 0. The van der Waals surface area contributed by atoms with Gasteiger partial charge < -0.3 is 5.32 Å². The summed E-state index contributed by atoms with van der Waals surface area (Å²) in [5.74, 6) is 0.752. The van der Waals surface area contributed by atoms with E-state index < -0.39 is 0 Å². The second kappa shape index (κ2) is 6.35. The lowest BCUT2D eigenvalue weighted by Gasteiger charge is -2.40. The largest absolute Gasteiger partial charge is 0.317 e. The first-order chi connectivity index (χ1) is 8.70. The van der Waals surface area contributed by atoms with Crippen LogP contribution in [0.25, 0.3) is 0 Å². The summed E-state index contributed by atoms with van der Waals surface area (Å²) >= 11 is 0. The highest BCUT2D eigenvalue weighted by Gasteiger charge is 2.27. The third kappa shape index (κ3) is 3.33. The van der Waals surface area contributed by atoms with Gasteiger partial charge in [-0.3, -0.25) is 4.90 Å². The number of piperidine rings is 1. The average molecular weight is 246 g/mol. The number of benzene rings is 1. The van der Waals surface area contributed by atoms with Crippen molar-refractivity contribution in [1.29, 1.82) is 0 Å². The smallest absolute Gasteiger partial charge is 0.0114 e. The van der Waals surface area contributed by atoms with Gasteiger partial charge in [-0.2, -0.15) is 0 Å². The van der Waals surface area contributed by atoms with Crippen molar-refractivity contribution in [2.24, 2.45) is 5.92 Å². The molecule has 0 bridgehead atoms. The van der Waals surface area contributed by atoms with Crippen molar-refractivity contribution < 1.29 is 0 Å². The van der Waals surface area contributed by atoms with E-state index in [0.29, 0.717) is 12.1 Å². The molecule has 0 radical (unpaired) electrons. The molecule has 1 saturated heterocycles. The van der Waals surface area contributed by atoms with Crippen molar-refractivity contribution in [2.45, 2.75) is 38.8 Å². The Balaban J connectivity index is 1.89. The fraction of sp³-hybridized carbons (Fsp3) is 0.625. The Labute approximate surface area is 111 Å². The summed E-state index contributed by atoms with van der Waals surface area (Å²) in [5, 5.41) is 3.44. The Bertz CT molecular complexity index is 349. The molecule has 1 aromatic carbocycles. The summed E-state index contributed by atoms with van der Waals surface area (Å²) in [7, 11) is 2.09. The van der Waals surface area contributed by atoms with Gasteiger partial charge in [0.15, 0.2) is 0 Å². The van der Waals surface area contributed by atoms with E-state index >= 15 is 0 Å². The molecule has 2 rings (SSSR count). The number of nitrogens with zero attached hydrogens (tertiary/aromatic N) is 1. The first-order valence-corrected chi connectivity index (χ1v) is 7.16. The van der Waals surface area contributed by atoms with Crippen LogP contribution in [0.4, 0.5) is 0 Å². The van der Waals surface area contributed by atoms with Crippen molar-refractivity contribution >= 4 is 0 Å². The second-order valence-corrected chi connectivity index (χ2v) is 5.69. The third-order valence-electron chi connectivity index (χ3n) is 4.30. The molecule has 2 nitrogen and oxygen atoms in total. The zero-order chi connectivity index (χ0) is 13.0. The SMILES string of the molecule is CNC1CCN(C(C)Cc2ccccc2)CC1C. The number of likely N-dealkylation sites (tertiary alicyclic amines) is 1. The molecule has 0 amide bonds. The number of hydrogen-bond acceptors (Lipinski definition) is 2. The van der Waals surface area contributed by atoms with Crippen LogP contribution >= 0.6 is 0 Å². The van der Waals surface area contributed by atoms with Crippen LogP contribution in [0.2, 0.25) is 0 Å². The van der Waals surface area contributed by atoms with Gasteiger partial charge in [-0.15, -0.1) is 0 Å². The summed E-state index contributed by atoms with van der Waals surface area (Å²) in [6.45, 7) is 7.17. The number of hydrogen-bond donors (Lipinski definition) is 1. The van der Waals surface area contributed by atoms with Crippen LogP contribution in [-0.4, -0.2) is 37.1 Å². The molecule has 100 valence electrons. The molecule has 0 aromatic heterocycles. The Hall–Kier alpha value is -0.860. The normalized spacial score (nSPS) is 27.1. The van der Waals surface area contributed by atoms with Gasteiger partial charge in [0, 0.05) is 18.6 Å². The van der Waals surface area contributed by atoms with Crippen LogP contribution in [0.3, 0.4) is 0 Å². The molecule has 3 unspecified atom stereocenters. The minimum Gasteiger partial charge on any atom is -0.317 e. The van der Waals surface area contributed by atoms with Gasteiger partial charge in [0.05, 0.1) is 0 Å². The summed E-state index contributed by atoms with van der Waals surface area (Å²) in [4.78, 5) is 2.64. The lowest BCUT2D eigenvalue weighted by molar-refractivity contribution is 0.114. The van der Waals surface area contributed by atoms with Crippen LogP contribution in [-0.2, 0) is 6.42 Å². The zero-order valence-electron chi connectivity index (χ0n) is 11.9. The van der Waals surface area contributed by atoms with Gasteiger partial charge in [-0.1, -0.05) is 37.3 Å². The van der Waals surface area contributed by atoms with E-state index in [1.807, 2.05) is 0 Å². The summed E-state index contributed by atoms with van der Waals surface area (Å²) in [6.07, 6.45) is 2.44. The minimum atomic E-state index is 0.646. The van der Waals surface area contributed by atoms with Gasteiger partial charge in [0.1, 0.15) is 0 Å². The Morgan fingerprint density at radius 1 is 1.33 bits per heavy atom. The Morgan fingerprint density at radius 3 is 2.67 bits per heavy atom. The Kier molecular flexibility index (Phi) is 4.79. The van der Waals surface area contributed by atoms with Crippen molar-refractivity contribution in [3.05, 3.63) is 35.9 Å². The maximum atomic E-state index is 3.44. The molecule has 1 aliphatic heterocycles. The molecule has 1 aromatic rings. The molecular formula is C16H26N2. The van der Waals surface area contributed by atoms with Gasteiger partial charge in [0.25, 0.3) is 0 Å². The third-order valence-corrected chi connectivity index (χ3v) is 4.30. The molecule has 0 spiro atoms. The minimum absolute atomic E-state index is 0.646. The van der Waals surface area contributed by atoms with E-state index in [1.54, 1.807) is 0 Å². The molecule has 18 heavy (non-hydrogen) atoms. The van der Waals surface area contributed by atoms with E-state index in [1.165, 1.54) is 25.1 Å². The highest BCUT2D eigenvalue weighted by atomic mass is 15.2. The van der Waals surface area contributed by atoms with E-state index in [9.17, 15) is 0 Å². The van der Waals surface area contributed by atoms with Crippen molar-refractivity contribution in [1.82, 2.24) is 10.2 Å². The maximum Gasteiger partial charge on any atom is 0.0114 e. The van der Waals surface area contributed by atoms with Gasteiger partial charge >= 0.3 is 0 Å². The molecule has 0 aliphatic carbocycles. The molecule has 3 atom stereocenters. The topological polar surface area (TPSA) is 15.3 Å². The fourth-order valence-electron chi connectivity index (χ4n) is 3.09. The van der Waals surface area contributed by atoms with Crippen LogP contribution in [0.15, 0.2) is 30.3 Å². The highest BCUT2D eigenvalue weighted by Crippen LogP contribution is 2.20. The predicted octanol–water partition coefficient (Wildman–Crippen LogP) is 2.55. The molecule has 1 heterocycles. The molecule has 2 heteroatoms. The monoisotopic (exact) mass is 246 g/mol. The van der Waals surface area contributed by atoms with Gasteiger partial charge in [-0.25, -0.2) is 0 Å². The first-order valence-electron chi connectivity index (χ1n) is 7.16. The van der Waals surface area contributed by atoms with E-state index in [0.717, 1.165) is 12.3 Å². The standard InChI is InChI=1S/C16H26N2/c1-13-12-18(10-9-16(13)17-3)14(2)11-15-7-5-4-6-8-15/h4-8,13-14,16-17H,9-12H2,1-3H3. The lowest BCUT2D eigenvalue weighted by atomic mass is 9.92. The van der Waals surface area contributed by atoms with Crippen LogP contribution in [0, 0.1) is 5.92 Å². The van der Waals surface area contributed by atoms with E-state index in [4.69, 9.17) is 0 Å². The van der Waals surface area contributed by atoms with Gasteiger partial charge in [-0.05, 0) is 44.8 Å². The number of rotatable bonds is 4. The van der Waals surface area contributed by atoms with Crippen molar-refractivity contribution in [2.75, 3.05) is 20.1 Å². The quantitative estimate of drug-likeness (QED) is 0.878. The average Bonchev–Trinajstić information content (AvgIpc) is 2.39. The first kappa shape index (κ1) is 13.6. The highest BCUT2D eigenvalue weighted by molar-refractivity contribution is 5.15. The van der Waals surface area contributed by atoms with E-state index in [-0.39, 0.29) is 0 Å². The molecular weight excluding hydrogens is 220 g/mol. The van der Waals surface area contributed by atoms with Crippen LogP contribution in [0.1, 0.15) is 25.8 Å². The second-order valence-electron chi connectivity index (χ2n) is 5.69. The van der Waals surface area contributed by atoms with Gasteiger partial charge in [0.2, 0.25) is 0 Å². The molecule has 0 saturated carbocycles. The van der Waals surface area contributed by atoms with Crippen molar-refractivity contribution in [3.63, 3.8) is 0 Å². The van der Waals surface area contributed by atoms with Crippen LogP contribution in [0.5, 0.6) is 0 Å². The molecule has 1 fully saturated rings. The molecule has 1 N–H and O–H groups in total. The predicted molar refractivity (Wildman–Crippen MR) is 77.8 cm³/mol. The zero-order valence-corrected chi connectivity index (χ0v) is 11.9. The maximum absolute atomic E-state index is 3.44.